The molecule has 6 N–H and O–H groups in total. The summed E-state index contributed by atoms with van der Waals surface area (Å²) in [5, 5.41) is 25.6. The molecule has 0 radical (unpaired) electrons. The van der Waals surface area contributed by atoms with Gasteiger partial charge in [0.1, 0.15) is 45.1 Å². The number of nitrogens with two attached hydrogens (primary N) is 1. The first-order chi connectivity index (χ1) is 32.3. The Morgan fingerprint density at radius 2 is 1.06 bits per heavy atom. The second-order valence-corrected chi connectivity index (χ2v) is 22.8. The Morgan fingerprint density at radius 3 is 1.43 bits per heavy atom. The Labute approximate surface area is 407 Å². The van der Waals surface area contributed by atoms with E-state index < -0.39 is 68.6 Å². The van der Waals surface area contributed by atoms with Crippen LogP contribution in [0.2, 0.25) is 0 Å². The van der Waals surface area contributed by atoms with Crippen LogP contribution < -0.4 is 34.1 Å². The second-order valence-electron chi connectivity index (χ2n) is 15.9. The highest BCUT2D eigenvalue weighted by Crippen LogP contribution is 2.39. The number of rotatable bonds is 15. The van der Waals surface area contributed by atoms with Crippen molar-refractivity contribution in [3.63, 3.8) is 0 Å². The molecule has 70 heavy (non-hydrogen) atoms. The van der Waals surface area contributed by atoms with Crippen LogP contribution in [0.5, 0.6) is 11.5 Å². The first-order valence-electron chi connectivity index (χ1n) is 20.6. The SMILES string of the molecule is CC(C)c1cc(C#N)c(F)c(C(C)C)c1N=C=O.CNS(=O)(=O)c1ccc(S(=O)(=O)NC(=O)Nc2c(C(C)C)cc(C#N)c(F)c2C(C)C)c(OC)c1.CNS(=O)(=O)c1ccc(S(N)(=O)=O)c(OC)c1. The predicted octanol–water partition coefficient (Wildman–Crippen LogP) is 6.53. The minimum absolute atomic E-state index is 0.00718. The fourth-order valence-electron chi connectivity index (χ4n) is 6.47. The zero-order valence-corrected chi connectivity index (χ0v) is 43.4. The number of anilines is 1. The van der Waals surface area contributed by atoms with Gasteiger partial charge in [-0.1, -0.05) is 55.4 Å². The number of hydrogen-bond acceptors (Lipinski definition) is 15. The fraction of sp³-hybridized carbons (Fsp3) is 0.364. The molecule has 4 aromatic carbocycles. The van der Waals surface area contributed by atoms with Crippen LogP contribution in [-0.2, 0) is 44.9 Å². The van der Waals surface area contributed by atoms with Crippen LogP contribution in [0.3, 0.4) is 0 Å². The summed E-state index contributed by atoms with van der Waals surface area (Å²) in [5.74, 6) is -2.60. The summed E-state index contributed by atoms with van der Waals surface area (Å²) in [5.41, 5.74) is 1.72. The van der Waals surface area contributed by atoms with Crippen molar-refractivity contribution in [3.8, 4) is 23.6 Å². The van der Waals surface area contributed by atoms with Crippen molar-refractivity contribution in [2.24, 2.45) is 10.1 Å². The zero-order chi connectivity index (χ0) is 53.9. The number of carbonyl (C=O) groups is 1. The van der Waals surface area contributed by atoms with Gasteiger partial charge in [-0.2, -0.15) is 15.5 Å². The van der Waals surface area contributed by atoms with Crippen LogP contribution in [-0.4, -0.2) is 74.1 Å². The third-order valence-corrected chi connectivity index (χ3v) is 15.1. The average Bonchev–Trinajstić information content (AvgIpc) is 3.28. The van der Waals surface area contributed by atoms with Crippen molar-refractivity contribution in [2.75, 3.05) is 33.6 Å². The van der Waals surface area contributed by atoms with Crippen molar-refractivity contribution in [1.29, 1.82) is 10.5 Å². The Bertz CT molecular complexity index is 3220. The van der Waals surface area contributed by atoms with Gasteiger partial charge in [0.2, 0.25) is 36.1 Å². The van der Waals surface area contributed by atoms with E-state index in [1.54, 1.807) is 47.6 Å². The zero-order valence-electron chi connectivity index (χ0n) is 40.1. The van der Waals surface area contributed by atoms with E-state index in [-0.39, 0.29) is 66.3 Å². The van der Waals surface area contributed by atoms with Crippen LogP contribution in [0.25, 0.3) is 0 Å². The topological polar surface area (TPSA) is 323 Å². The largest absolute Gasteiger partial charge is 0.495 e. The molecule has 0 spiro atoms. The van der Waals surface area contributed by atoms with Crippen LogP contribution >= 0.6 is 0 Å². The van der Waals surface area contributed by atoms with E-state index in [1.807, 2.05) is 24.6 Å². The molecule has 0 saturated heterocycles. The second kappa shape index (κ2) is 24.5. The monoisotopic (exact) mass is 1050 g/mol. The van der Waals surface area contributed by atoms with E-state index >= 15 is 0 Å². The molecule has 4 rings (SSSR count). The highest BCUT2D eigenvalue weighted by atomic mass is 32.2. The molecule has 0 atom stereocenters. The Balaban J connectivity index is 0.000000401. The molecule has 20 nitrogen and oxygen atoms in total. The molecular weight excluding hydrogens is 999 g/mol. The number of nitrogens with one attached hydrogen (secondary N) is 4. The van der Waals surface area contributed by atoms with Gasteiger partial charge in [-0.05, 0) is 85.3 Å². The molecule has 26 heteroatoms. The third-order valence-electron chi connectivity index (χ3n) is 9.92. The summed E-state index contributed by atoms with van der Waals surface area (Å²) in [6.45, 7) is 14.3. The number of carbonyl (C=O) groups excluding carboxylic acids is 2. The number of ether oxygens (including phenoxy) is 2. The van der Waals surface area contributed by atoms with Gasteiger partial charge in [0.05, 0.1) is 46.5 Å². The highest BCUT2D eigenvalue weighted by molar-refractivity contribution is 7.90. The normalized spacial score (nSPS) is 11.6. The van der Waals surface area contributed by atoms with E-state index in [2.05, 4.69) is 19.8 Å². The van der Waals surface area contributed by atoms with E-state index in [0.717, 1.165) is 43.5 Å². The maximum Gasteiger partial charge on any atom is 0.333 e. The van der Waals surface area contributed by atoms with Gasteiger partial charge in [-0.3, -0.25) is 0 Å². The number of aliphatic imine (C=N–C) groups is 1. The van der Waals surface area contributed by atoms with Crippen molar-refractivity contribution < 1.29 is 61.5 Å². The lowest BCUT2D eigenvalue weighted by molar-refractivity contribution is 0.256. The van der Waals surface area contributed by atoms with Crippen LogP contribution in [0, 0.1) is 34.3 Å². The van der Waals surface area contributed by atoms with Gasteiger partial charge in [-0.25, -0.2) is 71.3 Å². The number of primary sulfonamides is 1. The quantitative estimate of drug-likeness (QED) is 0.0624. The molecule has 4 aromatic rings. The minimum atomic E-state index is -4.53. The number of hydrogen-bond donors (Lipinski definition) is 5. The highest BCUT2D eigenvalue weighted by Gasteiger charge is 2.28. The van der Waals surface area contributed by atoms with Crippen LogP contribution in [0.1, 0.15) is 112 Å². The molecule has 0 aliphatic heterocycles. The van der Waals surface area contributed by atoms with E-state index in [1.165, 1.54) is 39.4 Å². The Hall–Kier alpha value is -6.35. The summed E-state index contributed by atoms with van der Waals surface area (Å²) in [7, 11) is -11.2. The standard InChI is InChI=1S/C22H27FN4O6S2.C14H15FN2O.C8H12N2O5S2/c1-12(2)16-9-14(11-24)20(23)19(13(3)4)21(16)26-22(28)27-35(31,32)18-8-7-15(10-17(18)33-6)34(29,30)25-5;1-8(2)11-5-10(6-16)13(15)12(9(3)4)14(11)17-7-18;1-10-17(13,14)6-3-4-8(16(9,11)12)7(5-6)15-2/h7-10,12-13,25H,1-6H3,(H2,26,27,28);5,8-9H,1-4H3;3-5,10H,1-2H3,(H2,9,11,12). The van der Waals surface area contributed by atoms with E-state index in [0.29, 0.717) is 22.4 Å². The summed E-state index contributed by atoms with van der Waals surface area (Å²) in [4.78, 5) is 25.8. The maximum absolute atomic E-state index is 15.0. The Morgan fingerprint density at radius 1 is 0.643 bits per heavy atom. The number of methoxy groups -OCH3 is 2. The van der Waals surface area contributed by atoms with Gasteiger partial charge >= 0.3 is 6.03 Å². The van der Waals surface area contributed by atoms with Crippen LogP contribution in [0.4, 0.5) is 25.0 Å². The molecule has 0 fully saturated rings. The minimum Gasteiger partial charge on any atom is -0.495 e. The van der Waals surface area contributed by atoms with Crippen molar-refractivity contribution in [1.82, 2.24) is 14.2 Å². The van der Waals surface area contributed by atoms with Gasteiger partial charge < -0.3 is 14.8 Å². The number of urea groups is 1. The average molecular weight is 1050 g/mol. The van der Waals surface area contributed by atoms with Crippen molar-refractivity contribution in [3.05, 3.63) is 93.5 Å². The first kappa shape index (κ1) is 59.8. The number of nitrogens with zero attached hydrogens (tertiary/aromatic N) is 3. The number of amides is 2. The van der Waals surface area contributed by atoms with Gasteiger partial charge in [0.15, 0.2) is 0 Å². The number of sulfonamides is 4. The number of halogens is 2. The molecule has 0 saturated carbocycles. The fourth-order valence-corrected chi connectivity index (χ4v) is 9.70. The Kier molecular flexibility index (Phi) is 20.9. The molecule has 0 heterocycles. The smallest absolute Gasteiger partial charge is 0.333 e. The third kappa shape index (κ3) is 14.4. The van der Waals surface area contributed by atoms with Crippen LogP contribution in [0.15, 0.2) is 73.1 Å². The lowest BCUT2D eigenvalue weighted by atomic mass is 9.90. The van der Waals surface area contributed by atoms with Gasteiger partial charge in [0.25, 0.3) is 10.0 Å². The first-order valence-corrected chi connectivity index (χ1v) is 26.6. The lowest BCUT2D eigenvalue weighted by Crippen LogP contribution is -2.35. The van der Waals surface area contributed by atoms with Gasteiger partial charge in [0, 0.05) is 23.3 Å². The number of benzene rings is 4. The molecule has 0 aliphatic rings. The van der Waals surface area contributed by atoms with E-state index in [9.17, 15) is 57.3 Å². The summed E-state index contributed by atoms with van der Waals surface area (Å²) in [6, 6.07) is 11.6. The summed E-state index contributed by atoms with van der Waals surface area (Å²) < 4.78 is 140. The molecule has 0 aromatic heterocycles. The molecule has 2 amide bonds. The molecule has 380 valence electrons. The maximum atomic E-state index is 15.0. The van der Waals surface area contributed by atoms with Gasteiger partial charge in [-0.15, -0.1) is 0 Å². The number of nitriles is 2. The summed E-state index contributed by atoms with van der Waals surface area (Å²) >= 11 is 0. The lowest BCUT2D eigenvalue weighted by Gasteiger charge is -2.22. The number of isocyanates is 1. The molecule has 0 bridgehead atoms. The van der Waals surface area contributed by atoms with Crippen molar-refractivity contribution >= 4 is 63.6 Å². The van der Waals surface area contributed by atoms with E-state index in [4.69, 9.17) is 19.9 Å². The molecular formula is C44H54F2N8O12S4. The molecule has 0 aliphatic carbocycles. The van der Waals surface area contributed by atoms with Crippen molar-refractivity contribution in [2.45, 2.75) is 98.6 Å². The molecule has 0 unspecified atom stereocenters. The summed E-state index contributed by atoms with van der Waals surface area (Å²) in [6.07, 6.45) is 1.46. The predicted molar refractivity (Wildman–Crippen MR) is 256 cm³/mol.